The van der Waals surface area contributed by atoms with Crippen molar-refractivity contribution in [2.75, 3.05) is 6.16 Å². The van der Waals surface area contributed by atoms with Crippen molar-refractivity contribution in [1.82, 2.24) is 0 Å². The molecule has 0 atom stereocenters. The van der Waals surface area contributed by atoms with Crippen LogP contribution in [0.15, 0.2) is 91.0 Å². The molecule has 0 aromatic heterocycles. The van der Waals surface area contributed by atoms with E-state index < -0.39 is 4.25 Å². The molecule has 0 saturated heterocycles. The molecule has 0 amide bonds. The summed E-state index contributed by atoms with van der Waals surface area (Å²) in [7, 11) is 0. The molecule has 26 heavy (non-hydrogen) atoms. The van der Waals surface area contributed by atoms with Crippen LogP contribution in [0.25, 0.3) is 0 Å². The van der Waals surface area contributed by atoms with Crippen molar-refractivity contribution in [3.8, 4) is 0 Å². The van der Waals surface area contributed by atoms with Crippen molar-refractivity contribution < 1.29 is 0 Å². The van der Waals surface area contributed by atoms with Crippen LogP contribution in [-0.4, -0.2) is 6.16 Å². The molecule has 2 heteroatoms. The Morgan fingerprint density at radius 1 is 0.615 bits per heavy atom. The third-order valence-corrected chi connectivity index (χ3v) is 17.5. The van der Waals surface area contributed by atoms with Crippen LogP contribution in [-0.2, 0) is 0 Å². The SMILES string of the molecule is IP(CC1CCCC1)(c1ccccc1)(c1ccccc1)c1ccccc1. The first-order chi connectivity index (χ1) is 12.7. The molecule has 1 aliphatic rings. The van der Waals surface area contributed by atoms with Crippen molar-refractivity contribution in [2.24, 2.45) is 5.92 Å². The first-order valence-corrected chi connectivity index (χ1v) is 14.8. The predicted molar refractivity (Wildman–Crippen MR) is 126 cm³/mol. The number of halogens is 1. The molecular weight excluding hydrogens is 446 g/mol. The number of benzene rings is 3. The van der Waals surface area contributed by atoms with E-state index in [-0.39, 0.29) is 0 Å². The van der Waals surface area contributed by atoms with Crippen LogP contribution in [0.2, 0.25) is 0 Å². The Kier molecular flexibility index (Phi) is 5.21. The van der Waals surface area contributed by atoms with Gasteiger partial charge in [-0.2, -0.15) is 0 Å². The molecule has 134 valence electrons. The van der Waals surface area contributed by atoms with E-state index in [1.807, 2.05) is 0 Å². The summed E-state index contributed by atoms with van der Waals surface area (Å²) in [6.45, 7) is 0. The van der Waals surface area contributed by atoms with Crippen LogP contribution < -0.4 is 15.9 Å². The normalized spacial score (nSPS) is 16.9. The Morgan fingerprint density at radius 3 is 1.31 bits per heavy atom. The van der Waals surface area contributed by atoms with Crippen molar-refractivity contribution in [3.05, 3.63) is 91.0 Å². The quantitative estimate of drug-likeness (QED) is 0.313. The van der Waals surface area contributed by atoms with Crippen molar-refractivity contribution in [3.63, 3.8) is 0 Å². The molecule has 0 aliphatic heterocycles. The zero-order valence-corrected chi connectivity index (χ0v) is 18.2. The van der Waals surface area contributed by atoms with Crippen molar-refractivity contribution in [1.29, 1.82) is 0 Å². The van der Waals surface area contributed by atoms with Gasteiger partial charge in [-0.1, -0.05) is 0 Å². The van der Waals surface area contributed by atoms with Gasteiger partial charge in [0, 0.05) is 0 Å². The Bertz CT molecular complexity index is 740. The van der Waals surface area contributed by atoms with Crippen LogP contribution in [0.3, 0.4) is 0 Å². The molecule has 0 N–H and O–H groups in total. The number of hydrogen-bond acceptors (Lipinski definition) is 0. The Balaban J connectivity index is 2.03. The molecule has 0 nitrogen and oxygen atoms in total. The summed E-state index contributed by atoms with van der Waals surface area (Å²) in [5, 5.41) is 4.55. The van der Waals surface area contributed by atoms with Crippen molar-refractivity contribution in [2.45, 2.75) is 25.7 Å². The molecular formula is C24H26IP. The molecule has 0 heterocycles. The van der Waals surface area contributed by atoms with Gasteiger partial charge in [-0.25, -0.2) is 0 Å². The second-order valence-electron chi connectivity index (χ2n) is 7.52. The van der Waals surface area contributed by atoms with E-state index in [0.717, 1.165) is 5.92 Å². The first kappa shape index (κ1) is 18.2. The van der Waals surface area contributed by atoms with E-state index in [4.69, 9.17) is 0 Å². The van der Waals surface area contributed by atoms with Gasteiger partial charge in [0.1, 0.15) is 0 Å². The monoisotopic (exact) mass is 472 g/mol. The maximum atomic E-state index is 2.93. The van der Waals surface area contributed by atoms with Crippen molar-refractivity contribution >= 4 is 42.2 Å². The molecule has 1 saturated carbocycles. The average Bonchev–Trinajstić information content (AvgIpc) is 3.23. The van der Waals surface area contributed by atoms with E-state index in [2.05, 4.69) is 113 Å². The first-order valence-electron chi connectivity index (χ1n) is 9.61. The fourth-order valence-corrected chi connectivity index (χ4v) is 14.5. The summed E-state index contributed by atoms with van der Waals surface area (Å²) >= 11 is 2.93. The zero-order valence-electron chi connectivity index (χ0n) is 15.1. The Morgan fingerprint density at radius 2 is 0.962 bits per heavy atom. The maximum absolute atomic E-state index is 2.93. The summed E-state index contributed by atoms with van der Waals surface area (Å²) in [6.07, 6.45) is 6.84. The second-order valence-corrected chi connectivity index (χ2v) is 18.2. The van der Waals surface area contributed by atoms with Crippen LogP contribution in [0.1, 0.15) is 25.7 Å². The summed E-state index contributed by atoms with van der Waals surface area (Å²) in [5.74, 6) is 0.824. The zero-order chi connectivity index (χ0) is 17.9. The van der Waals surface area contributed by atoms with Crippen LogP contribution >= 0.6 is 26.3 Å². The summed E-state index contributed by atoms with van der Waals surface area (Å²) in [4.78, 5) is 0. The standard InChI is InChI=1S/C24H26IP/c25-26(20-21-12-10-11-13-21,22-14-4-1-5-15-22,23-16-6-2-7-17-23)24-18-8-3-9-19-24/h1-9,14-19,21H,10-13,20H2. The third kappa shape index (κ3) is 3.04. The van der Waals surface area contributed by atoms with E-state index in [9.17, 15) is 0 Å². The number of rotatable bonds is 5. The van der Waals surface area contributed by atoms with Gasteiger partial charge in [0.2, 0.25) is 0 Å². The van der Waals surface area contributed by atoms with Gasteiger partial charge in [0.05, 0.1) is 0 Å². The fraction of sp³-hybridized carbons (Fsp3) is 0.250. The molecule has 0 bridgehead atoms. The molecule has 0 unspecified atom stereocenters. The summed E-state index contributed by atoms with van der Waals surface area (Å²) in [6, 6.07) is 34.0. The molecule has 1 fully saturated rings. The minimum atomic E-state index is -2.53. The van der Waals surface area contributed by atoms with Gasteiger partial charge >= 0.3 is 171 Å². The molecule has 3 aromatic rings. The predicted octanol–water partition coefficient (Wildman–Crippen LogP) is 6.06. The van der Waals surface area contributed by atoms with Gasteiger partial charge in [-0.05, 0) is 0 Å². The van der Waals surface area contributed by atoms with Gasteiger partial charge < -0.3 is 0 Å². The topological polar surface area (TPSA) is 0 Å². The van der Waals surface area contributed by atoms with Gasteiger partial charge in [-0.3, -0.25) is 0 Å². The van der Waals surface area contributed by atoms with Gasteiger partial charge in [0.15, 0.2) is 0 Å². The Labute approximate surface area is 170 Å². The fourth-order valence-electron chi connectivity index (χ4n) is 4.66. The summed E-state index contributed by atoms with van der Waals surface area (Å²) in [5.41, 5.74) is 0. The Hall–Kier alpha value is -1.18. The summed E-state index contributed by atoms with van der Waals surface area (Å²) < 4.78 is -2.53. The third-order valence-electron chi connectivity index (χ3n) is 5.96. The van der Waals surface area contributed by atoms with E-state index in [1.165, 1.54) is 47.8 Å². The van der Waals surface area contributed by atoms with Gasteiger partial charge in [-0.15, -0.1) is 0 Å². The molecule has 0 radical (unpaired) electrons. The average molecular weight is 472 g/mol. The van der Waals surface area contributed by atoms with Crippen LogP contribution in [0, 0.1) is 5.92 Å². The molecule has 1 aliphatic carbocycles. The van der Waals surface area contributed by atoms with E-state index in [1.54, 1.807) is 0 Å². The number of hydrogen-bond donors (Lipinski definition) is 0. The van der Waals surface area contributed by atoms with Crippen LogP contribution in [0.5, 0.6) is 0 Å². The molecule has 0 spiro atoms. The van der Waals surface area contributed by atoms with E-state index in [0.29, 0.717) is 0 Å². The van der Waals surface area contributed by atoms with Gasteiger partial charge in [0.25, 0.3) is 0 Å². The minimum absolute atomic E-state index is 0.824. The van der Waals surface area contributed by atoms with Crippen LogP contribution in [0.4, 0.5) is 0 Å². The molecule has 3 aromatic carbocycles. The molecule has 4 rings (SSSR count). The van der Waals surface area contributed by atoms with E-state index >= 15 is 0 Å². The second kappa shape index (κ2) is 7.44.